The molecule has 1 N–H and O–H groups in total. The summed E-state index contributed by atoms with van der Waals surface area (Å²) in [5, 5.41) is 3.12. The Balaban J connectivity index is 1.82. The smallest absolute Gasteiger partial charge is 0.222 e. The van der Waals surface area contributed by atoms with Crippen LogP contribution in [0.5, 0.6) is 0 Å². The molecule has 0 radical (unpaired) electrons. The van der Waals surface area contributed by atoms with Crippen LogP contribution in [0.4, 0.5) is 0 Å². The van der Waals surface area contributed by atoms with Crippen molar-refractivity contribution in [2.24, 2.45) is 5.41 Å². The summed E-state index contributed by atoms with van der Waals surface area (Å²) in [6.45, 7) is 7.21. The van der Waals surface area contributed by atoms with E-state index in [9.17, 15) is 4.79 Å². The molecule has 1 aliphatic carbocycles. The molecule has 1 saturated carbocycles. The molecule has 0 unspecified atom stereocenters. The standard InChI is InChI=1S/C14H25NO3/c1-13(2)11(9-14(13,3)17-4)15-12(16)8-10-6-5-7-18-10/h10-11H,5-9H2,1-4H3,(H,15,16)/t10-,11+,14+/m0/s1. The van der Waals surface area contributed by atoms with Crippen molar-refractivity contribution in [3.8, 4) is 0 Å². The average Bonchev–Trinajstić information content (AvgIpc) is 2.80. The van der Waals surface area contributed by atoms with Gasteiger partial charge in [0.05, 0.1) is 18.1 Å². The molecule has 18 heavy (non-hydrogen) atoms. The van der Waals surface area contributed by atoms with E-state index in [1.54, 1.807) is 7.11 Å². The van der Waals surface area contributed by atoms with E-state index in [4.69, 9.17) is 9.47 Å². The molecular formula is C14H25NO3. The zero-order valence-electron chi connectivity index (χ0n) is 11.9. The second kappa shape index (κ2) is 4.82. The van der Waals surface area contributed by atoms with E-state index >= 15 is 0 Å². The van der Waals surface area contributed by atoms with Crippen molar-refractivity contribution in [3.63, 3.8) is 0 Å². The molecule has 1 aliphatic heterocycles. The predicted octanol–water partition coefficient (Wildman–Crippen LogP) is 1.88. The van der Waals surface area contributed by atoms with Crippen LogP contribution in [-0.2, 0) is 14.3 Å². The van der Waals surface area contributed by atoms with E-state index in [1.807, 2.05) is 0 Å². The first-order valence-electron chi connectivity index (χ1n) is 6.85. The summed E-state index contributed by atoms with van der Waals surface area (Å²) < 4.78 is 11.0. The van der Waals surface area contributed by atoms with Crippen molar-refractivity contribution in [3.05, 3.63) is 0 Å². The fraction of sp³-hybridized carbons (Fsp3) is 0.929. The number of rotatable bonds is 4. The summed E-state index contributed by atoms with van der Waals surface area (Å²) in [6.07, 6.45) is 3.60. The first-order chi connectivity index (χ1) is 8.39. The molecule has 104 valence electrons. The van der Waals surface area contributed by atoms with Crippen LogP contribution in [0, 0.1) is 5.41 Å². The predicted molar refractivity (Wildman–Crippen MR) is 69.3 cm³/mol. The van der Waals surface area contributed by atoms with Crippen LogP contribution in [0.3, 0.4) is 0 Å². The quantitative estimate of drug-likeness (QED) is 0.834. The van der Waals surface area contributed by atoms with Gasteiger partial charge < -0.3 is 14.8 Å². The number of carbonyl (C=O) groups excluding carboxylic acids is 1. The number of hydrogen-bond donors (Lipinski definition) is 1. The van der Waals surface area contributed by atoms with Crippen molar-refractivity contribution in [1.29, 1.82) is 0 Å². The lowest BCUT2D eigenvalue weighted by atomic mass is 9.56. The first-order valence-corrected chi connectivity index (χ1v) is 6.85. The van der Waals surface area contributed by atoms with Gasteiger partial charge in [-0.25, -0.2) is 0 Å². The molecule has 4 nitrogen and oxygen atoms in total. The monoisotopic (exact) mass is 255 g/mol. The molecule has 0 bridgehead atoms. The summed E-state index contributed by atoms with van der Waals surface area (Å²) in [5.41, 5.74) is -0.150. The number of hydrogen-bond acceptors (Lipinski definition) is 3. The Morgan fingerprint density at radius 3 is 2.67 bits per heavy atom. The minimum absolute atomic E-state index is 0.0199. The van der Waals surface area contributed by atoms with Gasteiger partial charge in [-0.1, -0.05) is 13.8 Å². The van der Waals surface area contributed by atoms with Gasteiger partial charge in [-0.15, -0.1) is 0 Å². The van der Waals surface area contributed by atoms with E-state index in [0.717, 1.165) is 25.9 Å². The molecule has 1 amide bonds. The maximum absolute atomic E-state index is 12.0. The minimum atomic E-state index is -0.130. The molecule has 2 aliphatic rings. The van der Waals surface area contributed by atoms with Gasteiger partial charge in [0.15, 0.2) is 0 Å². The van der Waals surface area contributed by atoms with E-state index < -0.39 is 0 Å². The normalized spacial score (nSPS) is 38.2. The summed E-state index contributed by atoms with van der Waals surface area (Å²) in [4.78, 5) is 12.0. The van der Waals surface area contributed by atoms with Crippen LogP contribution >= 0.6 is 0 Å². The van der Waals surface area contributed by atoms with Crippen LogP contribution in [0.25, 0.3) is 0 Å². The summed E-state index contributed by atoms with van der Waals surface area (Å²) in [6, 6.07) is 0.205. The fourth-order valence-corrected chi connectivity index (χ4v) is 2.99. The van der Waals surface area contributed by atoms with Crippen molar-refractivity contribution < 1.29 is 14.3 Å². The van der Waals surface area contributed by atoms with Gasteiger partial charge in [0.2, 0.25) is 5.91 Å². The van der Waals surface area contributed by atoms with Crippen molar-refractivity contribution in [2.75, 3.05) is 13.7 Å². The van der Waals surface area contributed by atoms with Crippen molar-refractivity contribution >= 4 is 5.91 Å². The molecule has 0 aromatic heterocycles. The van der Waals surface area contributed by atoms with Gasteiger partial charge in [0.1, 0.15) is 0 Å². The highest BCUT2D eigenvalue weighted by molar-refractivity contribution is 5.77. The first kappa shape index (κ1) is 13.8. The van der Waals surface area contributed by atoms with E-state index in [-0.39, 0.29) is 29.1 Å². The summed E-state index contributed by atoms with van der Waals surface area (Å²) in [5.74, 6) is 0.109. The molecule has 1 heterocycles. The Morgan fingerprint density at radius 2 is 2.17 bits per heavy atom. The molecule has 0 aromatic rings. The lowest BCUT2D eigenvalue weighted by Gasteiger charge is -2.59. The third kappa shape index (κ3) is 2.28. The highest BCUT2D eigenvalue weighted by atomic mass is 16.5. The summed E-state index contributed by atoms with van der Waals surface area (Å²) >= 11 is 0. The second-order valence-electron chi connectivity index (χ2n) is 6.32. The van der Waals surface area contributed by atoms with Gasteiger partial charge in [0, 0.05) is 25.2 Å². The maximum atomic E-state index is 12.0. The third-order valence-electron chi connectivity index (χ3n) is 5.05. The lowest BCUT2D eigenvalue weighted by molar-refractivity contribution is -0.182. The number of amides is 1. The van der Waals surface area contributed by atoms with Gasteiger partial charge in [-0.3, -0.25) is 4.79 Å². The Morgan fingerprint density at radius 1 is 1.44 bits per heavy atom. The van der Waals surface area contributed by atoms with E-state index in [2.05, 4.69) is 26.1 Å². The zero-order valence-corrected chi connectivity index (χ0v) is 11.9. The molecule has 2 fully saturated rings. The Labute approximate surface area is 109 Å². The van der Waals surface area contributed by atoms with Crippen LogP contribution < -0.4 is 5.32 Å². The second-order valence-corrected chi connectivity index (χ2v) is 6.32. The molecular weight excluding hydrogens is 230 g/mol. The highest BCUT2D eigenvalue weighted by Gasteiger charge is 2.58. The van der Waals surface area contributed by atoms with Gasteiger partial charge >= 0.3 is 0 Å². The average molecular weight is 255 g/mol. The number of methoxy groups -OCH3 is 1. The maximum Gasteiger partial charge on any atom is 0.222 e. The topological polar surface area (TPSA) is 47.6 Å². The van der Waals surface area contributed by atoms with Gasteiger partial charge in [-0.2, -0.15) is 0 Å². The SMILES string of the molecule is CO[C@]1(C)C[C@@H](NC(=O)C[C@@H]2CCCO2)C1(C)C. The van der Waals surface area contributed by atoms with Crippen LogP contribution in [0.2, 0.25) is 0 Å². The molecule has 3 atom stereocenters. The van der Waals surface area contributed by atoms with Crippen LogP contribution in [-0.4, -0.2) is 37.4 Å². The molecule has 0 spiro atoms. The van der Waals surface area contributed by atoms with Crippen LogP contribution in [0.1, 0.15) is 46.5 Å². The number of nitrogens with one attached hydrogen (secondary N) is 1. The number of carbonyl (C=O) groups is 1. The summed E-state index contributed by atoms with van der Waals surface area (Å²) in [7, 11) is 1.74. The Hall–Kier alpha value is -0.610. The largest absolute Gasteiger partial charge is 0.378 e. The lowest BCUT2D eigenvalue weighted by Crippen LogP contribution is -2.68. The fourth-order valence-electron chi connectivity index (χ4n) is 2.99. The molecule has 4 heteroatoms. The van der Waals surface area contributed by atoms with Gasteiger partial charge in [-0.05, 0) is 26.2 Å². The third-order valence-corrected chi connectivity index (χ3v) is 5.05. The van der Waals surface area contributed by atoms with E-state index in [1.165, 1.54) is 0 Å². The van der Waals surface area contributed by atoms with Crippen molar-refractivity contribution in [1.82, 2.24) is 5.32 Å². The molecule has 1 saturated heterocycles. The van der Waals surface area contributed by atoms with E-state index in [0.29, 0.717) is 6.42 Å². The Bertz CT molecular complexity index is 323. The highest BCUT2D eigenvalue weighted by Crippen LogP contribution is 2.51. The van der Waals surface area contributed by atoms with Gasteiger partial charge in [0.25, 0.3) is 0 Å². The Kier molecular flexibility index (Phi) is 3.70. The number of ether oxygens (including phenoxy) is 2. The minimum Gasteiger partial charge on any atom is -0.378 e. The molecule has 0 aromatic carbocycles. The van der Waals surface area contributed by atoms with Crippen LogP contribution in [0.15, 0.2) is 0 Å². The van der Waals surface area contributed by atoms with Crippen molar-refractivity contribution in [2.45, 2.75) is 64.2 Å². The zero-order chi connectivity index (χ0) is 13.4. The molecule has 2 rings (SSSR count).